The molecule has 0 amide bonds. The Morgan fingerprint density at radius 3 is 2.94 bits per heavy atom. The van der Waals surface area contributed by atoms with Crippen LogP contribution in [0.4, 0.5) is 0 Å². The fourth-order valence-electron chi connectivity index (χ4n) is 2.29. The average Bonchev–Trinajstić information content (AvgIpc) is 2.84. The third-order valence-electron chi connectivity index (χ3n) is 3.19. The number of hydrogen-bond donors (Lipinski definition) is 1. The molecule has 1 N–H and O–H groups in total. The molecule has 0 aromatic carbocycles. The maximum absolute atomic E-state index is 11.4. The highest BCUT2D eigenvalue weighted by Crippen LogP contribution is 2.28. The average molecular weight is 243 g/mol. The van der Waals surface area contributed by atoms with Crippen LogP contribution in [0, 0.1) is 5.92 Å². The predicted molar refractivity (Wildman–Crippen MR) is 61.9 cm³/mol. The number of sulfone groups is 1. The van der Waals surface area contributed by atoms with Gasteiger partial charge in [-0.3, -0.25) is 0 Å². The molecule has 0 radical (unpaired) electrons. The van der Waals surface area contributed by atoms with Crippen molar-refractivity contribution in [3.8, 4) is 0 Å². The van der Waals surface area contributed by atoms with E-state index in [1.165, 1.54) is 0 Å². The fourth-order valence-corrected chi connectivity index (χ4v) is 4.17. The lowest BCUT2D eigenvalue weighted by Gasteiger charge is -2.17. The van der Waals surface area contributed by atoms with E-state index in [4.69, 9.17) is 4.42 Å². The fraction of sp³-hybridized carbons (Fsp3) is 0.636. The zero-order valence-electron chi connectivity index (χ0n) is 9.35. The van der Waals surface area contributed by atoms with Crippen LogP contribution in [0.25, 0.3) is 0 Å². The second-order valence-electron chi connectivity index (χ2n) is 4.40. The maximum atomic E-state index is 11.4. The Kier molecular flexibility index (Phi) is 3.35. The van der Waals surface area contributed by atoms with Gasteiger partial charge in [-0.05, 0) is 31.9 Å². The largest absolute Gasteiger partial charge is 0.472 e. The summed E-state index contributed by atoms with van der Waals surface area (Å²) in [5.41, 5.74) is 1.09. The Bertz CT molecular complexity index is 424. The van der Waals surface area contributed by atoms with E-state index < -0.39 is 9.84 Å². The molecular formula is C11H17NO3S. The first-order valence-electron chi connectivity index (χ1n) is 5.50. The molecule has 2 unspecified atom stereocenters. The topological polar surface area (TPSA) is 59.3 Å². The summed E-state index contributed by atoms with van der Waals surface area (Å²) in [4.78, 5) is 0. The first kappa shape index (κ1) is 11.7. The van der Waals surface area contributed by atoms with Crippen LogP contribution in [-0.4, -0.2) is 27.0 Å². The molecule has 5 heteroatoms. The molecule has 2 heterocycles. The molecule has 1 aromatic heterocycles. The summed E-state index contributed by atoms with van der Waals surface area (Å²) in [6.07, 6.45) is 5.00. The molecule has 4 nitrogen and oxygen atoms in total. The Balaban J connectivity index is 1.98. The van der Waals surface area contributed by atoms with E-state index in [9.17, 15) is 8.42 Å². The highest BCUT2D eigenvalue weighted by atomic mass is 32.2. The summed E-state index contributed by atoms with van der Waals surface area (Å²) in [5, 5.41) is 3.20. The van der Waals surface area contributed by atoms with Crippen LogP contribution in [-0.2, 0) is 9.84 Å². The number of hydrogen-bond acceptors (Lipinski definition) is 4. The highest BCUT2D eigenvalue weighted by Gasteiger charge is 2.29. The van der Waals surface area contributed by atoms with Crippen molar-refractivity contribution >= 4 is 9.84 Å². The molecule has 1 aliphatic rings. The molecule has 0 aliphatic carbocycles. The van der Waals surface area contributed by atoms with Crippen molar-refractivity contribution < 1.29 is 12.8 Å². The first-order chi connectivity index (χ1) is 7.61. The lowest BCUT2D eigenvalue weighted by molar-refractivity contribution is 0.433. The van der Waals surface area contributed by atoms with E-state index in [1.807, 2.05) is 13.1 Å². The van der Waals surface area contributed by atoms with E-state index in [2.05, 4.69) is 5.32 Å². The minimum absolute atomic E-state index is 0.192. The molecule has 2 atom stereocenters. The van der Waals surface area contributed by atoms with Crippen LogP contribution in [0.5, 0.6) is 0 Å². The van der Waals surface area contributed by atoms with Crippen molar-refractivity contribution in [2.75, 3.05) is 18.6 Å². The van der Waals surface area contributed by atoms with Crippen LogP contribution < -0.4 is 5.32 Å². The zero-order valence-corrected chi connectivity index (χ0v) is 10.2. The lowest BCUT2D eigenvalue weighted by atomic mass is 9.96. The second-order valence-corrected chi connectivity index (χ2v) is 6.63. The van der Waals surface area contributed by atoms with Gasteiger partial charge in [-0.1, -0.05) is 0 Å². The van der Waals surface area contributed by atoms with Crippen LogP contribution >= 0.6 is 0 Å². The Hall–Kier alpha value is -0.810. The van der Waals surface area contributed by atoms with Crippen LogP contribution in [0.3, 0.4) is 0 Å². The highest BCUT2D eigenvalue weighted by molar-refractivity contribution is 7.91. The molecular weight excluding hydrogens is 226 g/mol. The summed E-state index contributed by atoms with van der Waals surface area (Å²) in [7, 11) is -0.879. The third-order valence-corrected chi connectivity index (χ3v) is 5.03. The standard InChI is InChI=1S/C11H17NO3S/c1-12-11(10-2-4-15-7-10)6-9-3-5-16(13,14)8-9/h2,4,7,9,11-12H,3,5-6,8H2,1H3. The number of rotatable bonds is 4. The van der Waals surface area contributed by atoms with Crippen molar-refractivity contribution in [3.05, 3.63) is 24.2 Å². The normalized spacial score (nSPS) is 25.7. The maximum Gasteiger partial charge on any atom is 0.150 e. The van der Waals surface area contributed by atoms with Gasteiger partial charge >= 0.3 is 0 Å². The molecule has 1 aromatic rings. The molecule has 16 heavy (non-hydrogen) atoms. The molecule has 1 fully saturated rings. The number of furan rings is 1. The molecule has 0 spiro atoms. The Morgan fingerprint density at radius 2 is 2.44 bits per heavy atom. The van der Waals surface area contributed by atoms with Gasteiger partial charge in [-0.2, -0.15) is 0 Å². The molecule has 2 rings (SSSR count). The van der Waals surface area contributed by atoms with Crippen molar-refractivity contribution in [1.82, 2.24) is 5.32 Å². The second kappa shape index (κ2) is 4.59. The van der Waals surface area contributed by atoms with Crippen LogP contribution in [0.1, 0.15) is 24.4 Å². The van der Waals surface area contributed by atoms with E-state index in [1.54, 1.807) is 12.5 Å². The zero-order chi connectivity index (χ0) is 11.6. The van der Waals surface area contributed by atoms with Gasteiger partial charge in [0.25, 0.3) is 0 Å². The van der Waals surface area contributed by atoms with Crippen molar-refractivity contribution in [2.45, 2.75) is 18.9 Å². The smallest absolute Gasteiger partial charge is 0.150 e. The van der Waals surface area contributed by atoms with E-state index in [0.29, 0.717) is 11.5 Å². The van der Waals surface area contributed by atoms with Gasteiger partial charge in [0, 0.05) is 11.6 Å². The van der Waals surface area contributed by atoms with E-state index >= 15 is 0 Å². The Morgan fingerprint density at radius 1 is 1.62 bits per heavy atom. The molecule has 1 saturated heterocycles. The van der Waals surface area contributed by atoms with Crippen LogP contribution in [0.15, 0.2) is 23.0 Å². The van der Waals surface area contributed by atoms with Gasteiger partial charge in [0.05, 0.1) is 24.0 Å². The first-order valence-corrected chi connectivity index (χ1v) is 7.32. The quantitative estimate of drug-likeness (QED) is 0.867. The van der Waals surface area contributed by atoms with E-state index in [-0.39, 0.29) is 12.0 Å². The molecule has 1 aliphatic heterocycles. The summed E-state index contributed by atoms with van der Waals surface area (Å²) in [6, 6.07) is 2.11. The summed E-state index contributed by atoms with van der Waals surface area (Å²) >= 11 is 0. The SMILES string of the molecule is CNC(CC1CCS(=O)(=O)C1)c1ccoc1. The molecule has 0 saturated carbocycles. The number of nitrogens with one attached hydrogen (secondary N) is 1. The molecule has 0 bridgehead atoms. The minimum atomic E-state index is -2.77. The van der Waals surface area contributed by atoms with Gasteiger partial charge < -0.3 is 9.73 Å². The summed E-state index contributed by atoms with van der Waals surface area (Å²) < 4.78 is 27.8. The van der Waals surface area contributed by atoms with Crippen molar-refractivity contribution in [2.24, 2.45) is 5.92 Å². The Labute approximate surface area is 95.9 Å². The van der Waals surface area contributed by atoms with Gasteiger partial charge in [-0.15, -0.1) is 0 Å². The van der Waals surface area contributed by atoms with Gasteiger partial charge in [0.15, 0.2) is 9.84 Å². The van der Waals surface area contributed by atoms with Gasteiger partial charge in [0.1, 0.15) is 0 Å². The summed E-state index contributed by atoms with van der Waals surface area (Å²) in [5.74, 6) is 0.958. The summed E-state index contributed by atoms with van der Waals surface area (Å²) in [6.45, 7) is 0. The lowest BCUT2D eigenvalue weighted by Crippen LogP contribution is -2.20. The molecule has 90 valence electrons. The van der Waals surface area contributed by atoms with E-state index in [0.717, 1.165) is 18.4 Å². The van der Waals surface area contributed by atoms with Gasteiger partial charge in [-0.25, -0.2) is 8.42 Å². The predicted octanol–water partition coefficient (Wildman–Crippen LogP) is 1.36. The minimum Gasteiger partial charge on any atom is -0.472 e. The monoisotopic (exact) mass is 243 g/mol. The van der Waals surface area contributed by atoms with Crippen LogP contribution in [0.2, 0.25) is 0 Å². The van der Waals surface area contributed by atoms with Gasteiger partial charge in [0.2, 0.25) is 0 Å². The van der Waals surface area contributed by atoms with Crippen molar-refractivity contribution in [3.63, 3.8) is 0 Å². The third kappa shape index (κ3) is 2.65. The van der Waals surface area contributed by atoms with Crippen molar-refractivity contribution in [1.29, 1.82) is 0 Å².